The lowest BCUT2D eigenvalue weighted by atomic mass is 10.1. The Bertz CT molecular complexity index is 410. The lowest BCUT2D eigenvalue weighted by Crippen LogP contribution is -1.84. The molecule has 0 unspecified atom stereocenters. The summed E-state index contributed by atoms with van der Waals surface area (Å²) in [6.07, 6.45) is 8.00. The minimum atomic E-state index is 0.850. The molecule has 2 N–H and O–H groups in total. The van der Waals surface area contributed by atoms with Crippen LogP contribution in [0.15, 0.2) is 42.5 Å². The molecule has 0 atom stereocenters. The maximum Gasteiger partial charge on any atom is 0.0393 e. The summed E-state index contributed by atoms with van der Waals surface area (Å²) in [5.74, 6) is 0. The summed E-state index contributed by atoms with van der Waals surface area (Å²) in [6, 6.07) is 14.1. The zero-order valence-electron chi connectivity index (χ0n) is 7.27. The van der Waals surface area contributed by atoms with Crippen LogP contribution in [0, 0.1) is 12.8 Å². The first-order valence-electron chi connectivity index (χ1n) is 3.94. The molecule has 0 saturated carbocycles. The highest BCUT2D eigenvalue weighted by molar-refractivity contribution is 5.92. The van der Waals surface area contributed by atoms with Crippen LogP contribution >= 0.6 is 0 Å². The Labute approximate surface area is 78.2 Å². The van der Waals surface area contributed by atoms with Crippen LogP contribution in [0.4, 0.5) is 5.69 Å². The number of nitrogen functional groups attached to an aromatic ring is 1. The summed E-state index contributed by atoms with van der Waals surface area (Å²) in [4.78, 5) is 0. The van der Waals surface area contributed by atoms with Crippen LogP contribution in [0.1, 0.15) is 0 Å². The lowest BCUT2D eigenvalue weighted by molar-refractivity contribution is 1.73. The van der Waals surface area contributed by atoms with E-state index in [1.165, 1.54) is 5.39 Å². The summed E-state index contributed by atoms with van der Waals surface area (Å²) in [5.41, 5.74) is 6.61. The second-order valence-electron chi connectivity index (χ2n) is 2.57. The van der Waals surface area contributed by atoms with Gasteiger partial charge in [-0.2, -0.15) is 0 Å². The summed E-state index contributed by atoms with van der Waals surface area (Å²) >= 11 is 0. The van der Waals surface area contributed by atoms with Crippen molar-refractivity contribution in [3.63, 3.8) is 0 Å². The van der Waals surface area contributed by atoms with Gasteiger partial charge in [-0.05, 0) is 11.5 Å². The van der Waals surface area contributed by atoms with Crippen LogP contribution in [0.3, 0.4) is 0 Å². The summed E-state index contributed by atoms with van der Waals surface area (Å²) in [6.45, 7) is 0. The van der Waals surface area contributed by atoms with Gasteiger partial charge in [0.15, 0.2) is 0 Å². The van der Waals surface area contributed by atoms with Gasteiger partial charge in [0, 0.05) is 11.1 Å². The Morgan fingerprint density at radius 2 is 1.46 bits per heavy atom. The number of anilines is 1. The van der Waals surface area contributed by atoms with Crippen LogP contribution in [-0.4, -0.2) is 0 Å². The van der Waals surface area contributed by atoms with E-state index in [4.69, 9.17) is 5.73 Å². The second-order valence-corrected chi connectivity index (χ2v) is 2.57. The van der Waals surface area contributed by atoms with Gasteiger partial charge in [0.2, 0.25) is 0 Å². The lowest BCUT2D eigenvalue weighted by Gasteiger charge is -1.98. The third-order valence-corrected chi connectivity index (χ3v) is 1.82. The van der Waals surface area contributed by atoms with Gasteiger partial charge < -0.3 is 5.73 Å². The molecule has 0 radical (unpaired) electrons. The van der Waals surface area contributed by atoms with Crippen molar-refractivity contribution >= 4 is 16.5 Å². The highest BCUT2D eigenvalue weighted by Gasteiger charge is 1.92. The largest absolute Gasteiger partial charge is 0.398 e. The quantitative estimate of drug-likeness (QED) is 0.476. The number of terminal acetylenes is 1. The van der Waals surface area contributed by atoms with Gasteiger partial charge in [-0.25, -0.2) is 0 Å². The van der Waals surface area contributed by atoms with Crippen LogP contribution in [0.5, 0.6) is 0 Å². The normalized spacial score (nSPS) is 8.77. The van der Waals surface area contributed by atoms with E-state index in [2.05, 4.69) is 25.0 Å². The van der Waals surface area contributed by atoms with Gasteiger partial charge in [-0.1, -0.05) is 36.4 Å². The van der Waals surface area contributed by atoms with Gasteiger partial charge in [0.25, 0.3) is 0 Å². The molecule has 2 aromatic carbocycles. The molecule has 0 fully saturated rings. The summed E-state index contributed by atoms with van der Waals surface area (Å²) in [5, 5.41) is 2.34. The first kappa shape index (κ1) is 9.15. The number of benzene rings is 2. The van der Waals surface area contributed by atoms with E-state index in [0.717, 1.165) is 11.1 Å². The fourth-order valence-electron chi connectivity index (χ4n) is 1.25. The van der Waals surface area contributed by atoms with Crippen LogP contribution in [0.25, 0.3) is 10.8 Å². The minimum Gasteiger partial charge on any atom is -0.398 e. The molecule has 0 aliphatic heterocycles. The third kappa shape index (κ3) is 1.80. The van der Waals surface area contributed by atoms with Crippen molar-refractivity contribution in [3.05, 3.63) is 42.5 Å². The highest BCUT2D eigenvalue weighted by atomic mass is 14.5. The van der Waals surface area contributed by atoms with Gasteiger partial charge in [0.05, 0.1) is 0 Å². The van der Waals surface area contributed by atoms with E-state index in [1.54, 1.807) is 0 Å². The van der Waals surface area contributed by atoms with E-state index in [0.29, 0.717) is 0 Å². The Morgan fingerprint density at radius 3 is 2.15 bits per heavy atom. The number of nitrogens with two attached hydrogens (primary N) is 1. The number of rotatable bonds is 0. The van der Waals surface area contributed by atoms with E-state index in [9.17, 15) is 0 Å². The monoisotopic (exact) mass is 169 g/mol. The molecule has 64 valence electrons. The SMILES string of the molecule is C#C.Nc1cccc2ccccc12. The van der Waals surface area contributed by atoms with Gasteiger partial charge in [-0.15, -0.1) is 12.8 Å². The molecule has 2 aromatic rings. The Balaban J connectivity index is 0.000000396. The molecule has 0 amide bonds. The summed E-state index contributed by atoms with van der Waals surface area (Å²) < 4.78 is 0. The fraction of sp³-hybridized carbons (Fsp3) is 0. The molecule has 0 aliphatic rings. The van der Waals surface area contributed by atoms with E-state index in [1.807, 2.05) is 30.3 Å². The van der Waals surface area contributed by atoms with Crippen molar-refractivity contribution in [1.82, 2.24) is 0 Å². The molecule has 0 aromatic heterocycles. The molecule has 0 heterocycles. The minimum absolute atomic E-state index is 0.850. The van der Waals surface area contributed by atoms with Crippen molar-refractivity contribution in [3.8, 4) is 12.8 Å². The van der Waals surface area contributed by atoms with Crippen LogP contribution in [0.2, 0.25) is 0 Å². The molecule has 1 heteroatoms. The standard InChI is InChI=1S/C10H9N.C2H2/c11-10-7-3-5-8-4-1-2-6-9(8)10;1-2/h1-7H,11H2;1-2H. The predicted molar refractivity (Wildman–Crippen MR) is 58.3 cm³/mol. The van der Waals surface area contributed by atoms with E-state index in [-0.39, 0.29) is 0 Å². The van der Waals surface area contributed by atoms with Gasteiger partial charge in [-0.3, -0.25) is 0 Å². The maximum absolute atomic E-state index is 5.76. The van der Waals surface area contributed by atoms with E-state index >= 15 is 0 Å². The first-order valence-corrected chi connectivity index (χ1v) is 3.94. The van der Waals surface area contributed by atoms with Gasteiger partial charge >= 0.3 is 0 Å². The number of hydrogen-bond acceptors (Lipinski definition) is 1. The molecule has 13 heavy (non-hydrogen) atoms. The van der Waals surface area contributed by atoms with Crippen LogP contribution in [-0.2, 0) is 0 Å². The molecular weight excluding hydrogens is 158 g/mol. The van der Waals surface area contributed by atoms with Crippen LogP contribution < -0.4 is 5.73 Å². The average molecular weight is 169 g/mol. The van der Waals surface area contributed by atoms with Gasteiger partial charge in [0.1, 0.15) is 0 Å². The maximum atomic E-state index is 5.76. The molecule has 0 saturated heterocycles. The smallest absolute Gasteiger partial charge is 0.0393 e. The molecule has 2 rings (SSSR count). The number of hydrogen-bond donors (Lipinski definition) is 1. The number of fused-ring (bicyclic) bond motifs is 1. The average Bonchev–Trinajstić information content (AvgIpc) is 2.22. The third-order valence-electron chi connectivity index (χ3n) is 1.82. The Kier molecular flexibility index (Phi) is 2.94. The molecule has 0 aliphatic carbocycles. The first-order chi connectivity index (χ1) is 6.38. The van der Waals surface area contributed by atoms with Crippen molar-refractivity contribution in [2.24, 2.45) is 0 Å². The van der Waals surface area contributed by atoms with Crippen molar-refractivity contribution in [2.45, 2.75) is 0 Å². The topological polar surface area (TPSA) is 26.0 Å². The second kappa shape index (κ2) is 4.18. The van der Waals surface area contributed by atoms with Crippen molar-refractivity contribution < 1.29 is 0 Å². The molecule has 0 spiro atoms. The van der Waals surface area contributed by atoms with Crippen molar-refractivity contribution in [1.29, 1.82) is 0 Å². The zero-order chi connectivity index (χ0) is 9.68. The molecular formula is C12H11N. The molecule has 0 bridgehead atoms. The van der Waals surface area contributed by atoms with E-state index < -0.39 is 0 Å². The zero-order valence-corrected chi connectivity index (χ0v) is 7.27. The molecule has 1 nitrogen and oxygen atoms in total. The highest BCUT2D eigenvalue weighted by Crippen LogP contribution is 2.19. The Morgan fingerprint density at radius 1 is 0.846 bits per heavy atom. The van der Waals surface area contributed by atoms with Crippen molar-refractivity contribution in [2.75, 3.05) is 5.73 Å². The summed E-state index contributed by atoms with van der Waals surface area (Å²) in [7, 11) is 0. The predicted octanol–water partition coefficient (Wildman–Crippen LogP) is 2.67. The Hall–Kier alpha value is -1.94. The fourth-order valence-corrected chi connectivity index (χ4v) is 1.25.